The Balaban J connectivity index is 1.94. The molecule has 21 heavy (non-hydrogen) atoms. The minimum atomic E-state index is -0.477. The zero-order valence-electron chi connectivity index (χ0n) is 10.6. The van der Waals surface area contributed by atoms with E-state index in [0.29, 0.717) is 16.4 Å². The molecule has 1 amide bonds. The predicted molar refractivity (Wildman–Crippen MR) is 77.3 cm³/mol. The van der Waals surface area contributed by atoms with Crippen molar-refractivity contribution < 1.29 is 4.79 Å². The van der Waals surface area contributed by atoms with E-state index in [1.54, 1.807) is 41.3 Å². The van der Waals surface area contributed by atoms with Crippen molar-refractivity contribution in [3.05, 3.63) is 47.5 Å². The van der Waals surface area contributed by atoms with Crippen LogP contribution in [0.3, 0.4) is 0 Å². The van der Waals surface area contributed by atoms with Gasteiger partial charge in [0.2, 0.25) is 11.8 Å². The number of anilines is 2. The second-order valence-corrected chi connectivity index (χ2v) is 4.54. The largest absolute Gasteiger partial charge is 0.366 e. The molecule has 0 fully saturated rings. The number of hydrogen-bond donors (Lipinski definition) is 3. The Hall–Kier alpha value is -2.87. The number of nitrogens with two attached hydrogens (primary N) is 1. The average Bonchev–Trinajstić information content (AvgIpc) is 3.10. The summed E-state index contributed by atoms with van der Waals surface area (Å²) >= 11 is 5.98. The fourth-order valence-electron chi connectivity index (χ4n) is 1.78. The van der Waals surface area contributed by atoms with E-state index in [0.717, 1.165) is 0 Å². The van der Waals surface area contributed by atoms with Crippen molar-refractivity contribution in [3.8, 4) is 5.69 Å². The van der Waals surface area contributed by atoms with Crippen LogP contribution in [0.2, 0.25) is 5.02 Å². The predicted octanol–water partition coefficient (Wildman–Crippen LogP) is 1.48. The molecule has 0 unspecified atom stereocenters. The first-order valence-corrected chi connectivity index (χ1v) is 6.30. The number of carbonyl (C=O) groups excluding carboxylic acids is 1. The van der Waals surface area contributed by atoms with Gasteiger partial charge in [-0.2, -0.15) is 10.1 Å². The smallest absolute Gasteiger partial charge is 0.293 e. The summed E-state index contributed by atoms with van der Waals surface area (Å²) in [4.78, 5) is 15.9. The molecule has 2 aromatic heterocycles. The highest BCUT2D eigenvalue weighted by atomic mass is 35.5. The minimum absolute atomic E-state index is 0.00135. The van der Waals surface area contributed by atoms with Crippen LogP contribution in [0.5, 0.6) is 0 Å². The Morgan fingerprint density at radius 3 is 2.95 bits per heavy atom. The molecule has 0 radical (unpaired) electrons. The summed E-state index contributed by atoms with van der Waals surface area (Å²) in [6, 6.07) is 6.86. The van der Waals surface area contributed by atoms with Gasteiger partial charge in [-0.05, 0) is 24.3 Å². The molecular weight excluding hydrogens is 294 g/mol. The summed E-state index contributed by atoms with van der Waals surface area (Å²) in [6.07, 6.45) is 3.39. The molecule has 0 saturated heterocycles. The number of nitrogens with one attached hydrogen (secondary N) is 2. The van der Waals surface area contributed by atoms with Gasteiger partial charge in [0.15, 0.2) is 0 Å². The Kier molecular flexibility index (Phi) is 3.28. The maximum atomic E-state index is 12.1. The average molecular weight is 304 g/mol. The van der Waals surface area contributed by atoms with Gasteiger partial charge >= 0.3 is 0 Å². The van der Waals surface area contributed by atoms with Gasteiger partial charge in [-0.3, -0.25) is 9.89 Å². The summed E-state index contributed by atoms with van der Waals surface area (Å²) in [7, 11) is 0. The van der Waals surface area contributed by atoms with E-state index in [4.69, 9.17) is 17.3 Å². The van der Waals surface area contributed by atoms with Gasteiger partial charge < -0.3 is 11.1 Å². The van der Waals surface area contributed by atoms with Crippen LogP contribution < -0.4 is 11.1 Å². The molecule has 3 rings (SSSR count). The van der Waals surface area contributed by atoms with Crippen LogP contribution in [0.25, 0.3) is 5.69 Å². The fraction of sp³-hybridized carbons (Fsp3) is 0. The molecule has 0 saturated carbocycles. The van der Waals surface area contributed by atoms with Crippen molar-refractivity contribution in [2.45, 2.75) is 0 Å². The van der Waals surface area contributed by atoms with Gasteiger partial charge in [0, 0.05) is 17.4 Å². The van der Waals surface area contributed by atoms with E-state index in [-0.39, 0.29) is 11.8 Å². The van der Waals surface area contributed by atoms with Gasteiger partial charge in [0.1, 0.15) is 0 Å². The van der Waals surface area contributed by atoms with E-state index in [9.17, 15) is 4.79 Å². The maximum Gasteiger partial charge on any atom is 0.293 e. The standard InChI is InChI=1S/C12H10ClN7O/c13-7-2-3-9(20-5-1-4-15-20)8(6-7)16-11(21)10-17-12(14)19-18-10/h1-6H,(H,16,21)(H3,14,17,18,19). The molecule has 1 aromatic carbocycles. The second kappa shape index (κ2) is 5.25. The van der Waals surface area contributed by atoms with Crippen LogP contribution >= 0.6 is 11.6 Å². The molecule has 0 aliphatic carbocycles. The lowest BCUT2D eigenvalue weighted by atomic mass is 10.2. The number of amides is 1. The molecule has 8 nitrogen and oxygen atoms in total. The van der Waals surface area contributed by atoms with Crippen LogP contribution in [0.1, 0.15) is 10.6 Å². The number of nitrogens with zero attached hydrogens (tertiary/aromatic N) is 4. The zero-order chi connectivity index (χ0) is 14.8. The Morgan fingerprint density at radius 2 is 2.29 bits per heavy atom. The van der Waals surface area contributed by atoms with E-state index in [1.165, 1.54) is 0 Å². The van der Waals surface area contributed by atoms with Crippen molar-refractivity contribution >= 4 is 29.1 Å². The number of benzene rings is 1. The van der Waals surface area contributed by atoms with E-state index in [1.807, 2.05) is 0 Å². The molecule has 4 N–H and O–H groups in total. The summed E-state index contributed by atoms with van der Waals surface area (Å²) < 4.78 is 1.61. The molecule has 0 spiro atoms. The molecule has 9 heteroatoms. The molecule has 0 atom stereocenters. The highest BCUT2D eigenvalue weighted by Crippen LogP contribution is 2.24. The van der Waals surface area contributed by atoms with E-state index >= 15 is 0 Å². The lowest BCUT2D eigenvalue weighted by molar-refractivity contribution is 0.101. The third-order valence-electron chi connectivity index (χ3n) is 2.68. The highest BCUT2D eigenvalue weighted by Gasteiger charge is 2.14. The van der Waals surface area contributed by atoms with Gasteiger partial charge in [-0.25, -0.2) is 4.68 Å². The summed E-state index contributed by atoms with van der Waals surface area (Å²) in [5, 5.41) is 13.4. The molecule has 0 aliphatic heterocycles. The first-order valence-electron chi connectivity index (χ1n) is 5.92. The summed E-state index contributed by atoms with van der Waals surface area (Å²) in [6.45, 7) is 0. The monoisotopic (exact) mass is 303 g/mol. The summed E-state index contributed by atoms with van der Waals surface area (Å²) in [5.41, 5.74) is 6.54. The SMILES string of the molecule is Nc1n[nH]c(C(=O)Nc2cc(Cl)ccc2-n2cccn2)n1. The van der Waals surface area contributed by atoms with Crippen molar-refractivity contribution in [2.24, 2.45) is 0 Å². The van der Waals surface area contributed by atoms with Gasteiger partial charge in [0.25, 0.3) is 5.91 Å². The lowest BCUT2D eigenvalue weighted by Crippen LogP contribution is -2.15. The van der Waals surface area contributed by atoms with Crippen LogP contribution in [0.15, 0.2) is 36.7 Å². The lowest BCUT2D eigenvalue weighted by Gasteiger charge is -2.10. The zero-order valence-corrected chi connectivity index (χ0v) is 11.4. The van der Waals surface area contributed by atoms with E-state index in [2.05, 4.69) is 25.6 Å². The molecule has 0 bridgehead atoms. The van der Waals surface area contributed by atoms with Gasteiger partial charge in [0.05, 0.1) is 11.4 Å². The van der Waals surface area contributed by atoms with Crippen molar-refractivity contribution in [3.63, 3.8) is 0 Å². The number of halogens is 1. The van der Waals surface area contributed by atoms with Crippen LogP contribution in [-0.2, 0) is 0 Å². The topological polar surface area (TPSA) is 115 Å². The number of rotatable bonds is 3. The third-order valence-corrected chi connectivity index (χ3v) is 2.91. The number of aromatic amines is 1. The molecule has 3 aromatic rings. The Morgan fingerprint density at radius 1 is 1.43 bits per heavy atom. The molecule has 106 valence electrons. The minimum Gasteiger partial charge on any atom is -0.366 e. The summed E-state index contributed by atoms with van der Waals surface area (Å²) in [5.74, 6) is -0.465. The van der Waals surface area contributed by atoms with Gasteiger partial charge in [-0.15, -0.1) is 5.10 Å². The first-order chi connectivity index (χ1) is 10.1. The second-order valence-electron chi connectivity index (χ2n) is 4.11. The van der Waals surface area contributed by atoms with Crippen molar-refractivity contribution in [1.82, 2.24) is 25.0 Å². The number of nitrogen functional groups attached to an aromatic ring is 1. The first kappa shape index (κ1) is 13.1. The Bertz CT molecular complexity index is 781. The maximum absolute atomic E-state index is 12.1. The van der Waals surface area contributed by atoms with Crippen LogP contribution in [-0.4, -0.2) is 30.9 Å². The molecule has 2 heterocycles. The molecular formula is C12H10ClN7O. The number of aromatic nitrogens is 5. The van der Waals surface area contributed by atoms with Crippen LogP contribution in [0.4, 0.5) is 11.6 Å². The van der Waals surface area contributed by atoms with Crippen molar-refractivity contribution in [2.75, 3.05) is 11.1 Å². The van der Waals surface area contributed by atoms with Gasteiger partial charge in [-0.1, -0.05) is 11.6 Å². The van der Waals surface area contributed by atoms with E-state index < -0.39 is 5.91 Å². The van der Waals surface area contributed by atoms with Crippen molar-refractivity contribution in [1.29, 1.82) is 0 Å². The number of H-pyrrole nitrogens is 1. The normalized spacial score (nSPS) is 10.5. The molecule has 0 aliphatic rings. The number of hydrogen-bond acceptors (Lipinski definition) is 5. The number of carbonyl (C=O) groups is 1. The fourth-order valence-corrected chi connectivity index (χ4v) is 1.95. The van der Waals surface area contributed by atoms with Crippen LogP contribution in [0, 0.1) is 0 Å². The highest BCUT2D eigenvalue weighted by molar-refractivity contribution is 6.31. The quantitative estimate of drug-likeness (QED) is 0.678. The third kappa shape index (κ3) is 2.70. The Labute approximate surface area is 123 Å².